The Labute approximate surface area is 126 Å². The third kappa shape index (κ3) is 2.61. The van der Waals surface area contributed by atoms with Crippen molar-refractivity contribution in [2.75, 3.05) is 0 Å². The molecule has 0 bridgehead atoms. The van der Waals surface area contributed by atoms with Crippen molar-refractivity contribution in [3.05, 3.63) is 65.2 Å². The van der Waals surface area contributed by atoms with Gasteiger partial charge in [-0.1, -0.05) is 42.0 Å². The molecule has 1 heterocycles. The van der Waals surface area contributed by atoms with Gasteiger partial charge < -0.3 is 0 Å². The summed E-state index contributed by atoms with van der Waals surface area (Å²) in [5.41, 5.74) is 3.41. The second-order valence-corrected chi connectivity index (χ2v) is 7.58. The average molecular weight is 301 g/mol. The molecule has 1 aliphatic rings. The zero-order chi connectivity index (χ0) is 15.0. The van der Waals surface area contributed by atoms with Gasteiger partial charge >= 0.3 is 0 Å². The predicted molar refractivity (Wildman–Crippen MR) is 83.5 cm³/mol. The molecule has 3 nitrogen and oxygen atoms in total. The first-order chi connectivity index (χ1) is 9.98. The molecule has 21 heavy (non-hydrogen) atoms. The molecule has 0 fully saturated rings. The molecule has 0 saturated heterocycles. The van der Waals surface area contributed by atoms with E-state index in [0.29, 0.717) is 11.4 Å². The van der Waals surface area contributed by atoms with E-state index >= 15 is 0 Å². The highest BCUT2D eigenvalue weighted by atomic mass is 32.2. The molecule has 3 rings (SSSR count). The Bertz CT molecular complexity index is 751. The van der Waals surface area contributed by atoms with Crippen molar-refractivity contribution in [1.29, 1.82) is 0 Å². The molecule has 0 aliphatic carbocycles. The first kappa shape index (κ1) is 14.3. The average Bonchev–Trinajstić information content (AvgIpc) is 2.47. The monoisotopic (exact) mass is 301 g/mol. The largest absolute Gasteiger partial charge is 0.243 e. The summed E-state index contributed by atoms with van der Waals surface area (Å²) in [6.07, 6.45) is 0.765. The van der Waals surface area contributed by atoms with Crippen molar-refractivity contribution < 1.29 is 8.42 Å². The number of rotatable bonds is 2. The summed E-state index contributed by atoms with van der Waals surface area (Å²) >= 11 is 0. The lowest BCUT2D eigenvalue weighted by Crippen LogP contribution is -2.42. The molecular formula is C17H19NO2S. The van der Waals surface area contributed by atoms with Gasteiger partial charge in [-0.2, -0.15) is 4.31 Å². The Morgan fingerprint density at radius 2 is 1.62 bits per heavy atom. The summed E-state index contributed by atoms with van der Waals surface area (Å²) in [5.74, 6) is 0. The van der Waals surface area contributed by atoms with E-state index in [1.807, 2.05) is 44.2 Å². The number of aryl methyl sites for hydroxylation is 1. The van der Waals surface area contributed by atoms with E-state index in [1.54, 1.807) is 16.4 Å². The Kier molecular flexibility index (Phi) is 3.59. The van der Waals surface area contributed by atoms with Crippen LogP contribution in [0.1, 0.15) is 23.6 Å². The molecule has 0 amide bonds. The smallest absolute Gasteiger partial charge is 0.207 e. The SMILES string of the molecule is Cc1ccc(S(=O)(=O)N2Cc3ccccc3CC2C)cc1. The first-order valence-corrected chi connectivity index (χ1v) is 8.58. The van der Waals surface area contributed by atoms with Crippen LogP contribution in [-0.2, 0) is 23.0 Å². The standard InChI is InChI=1S/C17H19NO2S/c1-13-7-9-17(10-8-13)21(19,20)18-12-16-6-4-3-5-15(16)11-14(18)2/h3-10,14H,11-12H2,1-2H3. The topological polar surface area (TPSA) is 37.4 Å². The van der Waals surface area contributed by atoms with Crippen LogP contribution in [0.3, 0.4) is 0 Å². The van der Waals surface area contributed by atoms with Gasteiger partial charge in [0.05, 0.1) is 4.90 Å². The molecule has 2 aromatic carbocycles. The van der Waals surface area contributed by atoms with Gasteiger partial charge in [0.25, 0.3) is 0 Å². The minimum Gasteiger partial charge on any atom is -0.207 e. The molecule has 110 valence electrons. The third-order valence-electron chi connectivity index (χ3n) is 4.08. The number of fused-ring (bicyclic) bond motifs is 1. The molecule has 0 spiro atoms. The van der Waals surface area contributed by atoms with Crippen LogP contribution >= 0.6 is 0 Å². The Morgan fingerprint density at radius 3 is 2.29 bits per heavy atom. The van der Waals surface area contributed by atoms with Crippen LogP contribution in [0.25, 0.3) is 0 Å². The lowest BCUT2D eigenvalue weighted by atomic mass is 9.97. The van der Waals surface area contributed by atoms with Crippen molar-refractivity contribution in [3.8, 4) is 0 Å². The van der Waals surface area contributed by atoms with Crippen LogP contribution in [0.5, 0.6) is 0 Å². The highest BCUT2D eigenvalue weighted by molar-refractivity contribution is 7.89. The molecule has 1 unspecified atom stereocenters. The quantitative estimate of drug-likeness (QED) is 0.854. The van der Waals surface area contributed by atoms with Gasteiger partial charge in [0, 0.05) is 12.6 Å². The predicted octanol–water partition coefficient (Wildman–Crippen LogP) is 3.13. The zero-order valence-corrected chi connectivity index (χ0v) is 13.1. The van der Waals surface area contributed by atoms with E-state index in [9.17, 15) is 8.42 Å². The van der Waals surface area contributed by atoms with Crippen molar-refractivity contribution in [2.24, 2.45) is 0 Å². The van der Waals surface area contributed by atoms with Crippen LogP contribution < -0.4 is 0 Å². The van der Waals surface area contributed by atoms with Gasteiger partial charge in [0.15, 0.2) is 0 Å². The summed E-state index contributed by atoms with van der Waals surface area (Å²) in [5, 5.41) is 0. The molecule has 1 atom stereocenters. The minimum atomic E-state index is -3.44. The summed E-state index contributed by atoms with van der Waals surface area (Å²) in [6, 6.07) is 15.1. The second kappa shape index (κ2) is 5.28. The minimum absolute atomic E-state index is 0.0220. The van der Waals surface area contributed by atoms with E-state index in [-0.39, 0.29) is 6.04 Å². The Morgan fingerprint density at radius 1 is 1.00 bits per heavy atom. The summed E-state index contributed by atoms with van der Waals surface area (Å²) in [7, 11) is -3.44. The molecule has 2 aromatic rings. The fourth-order valence-corrected chi connectivity index (χ4v) is 4.43. The fraction of sp³-hybridized carbons (Fsp3) is 0.294. The molecule has 0 radical (unpaired) electrons. The van der Waals surface area contributed by atoms with E-state index in [4.69, 9.17) is 0 Å². The molecular weight excluding hydrogens is 282 g/mol. The summed E-state index contributed by atoms with van der Waals surface area (Å²) in [4.78, 5) is 0.374. The number of hydrogen-bond donors (Lipinski definition) is 0. The molecule has 1 aliphatic heterocycles. The van der Waals surface area contributed by atoms with Crippen molar-refractivity contribution in [1.82, 2.24) is 4.31 Å². The van der Waals surface area contributed by atoms with Gasteiger partial charge in [-0.25, -0.2) is 8.42 Å². The summed E-state index contributed by atoms with van der Waals surface area (Å²) in [6.45, 7) is 4.38. The van der Waals surface area contributed by atoms with Gasteiger partial charge in [0.2, 0.25) is 10.0 Å². The molecule has 0 saturated carbocycles. The Hall–Kier alpha value is -1.65. The number of nitrogens with zero attached hydrogens (tertiary/aromatic N) is 1. The first-order valence-electron chi connectivity index (χ1n) is 7.14. The molecule has 0 aromatic heterocycles. The van der Waals surface area contributed by atoms with Gasteiger partial charge in [-0.05, 0) is 43.5 Å². The maximum Gasteiger partial charge on any atom is 0.243 e. The van der Waals surface area contributed by atoms with Gasteiger partial charge in [-0.3, -0.25) is 0 Å². The van der Waals surface area contributed by atoms with E-state index in [1.165, 1.54) is 5.56 Å². The Balaban J connectivity index is 1.98. The van der Waals surface area contributed by atoms with Crippen molar-refractivity contribution in [3.63, 3.8) is 0 Å². The van der Waals surface area contributed by atoms with Crippen molar-refractivity contribution in [2.45, 2.75) is 37.8 Å². The lowest BCUT2D eigenvalue weighted by Gasteiger charge is -2.33. The number of hydrogen-bond acceptors (Lipinski definition) is 2. The third-order valence-corrected chi connectivity index (χ3v) is 6.05. The van der Waals surface area contributed by atoms with Gasteiger partial charge in [-0.15, -0.1) is 0 Å². The van der Waals surface area contributed by atoms with Crippen molar-refractivity contribution >= 4 is 10.0 Å². The maximum absolute atomic E-state index is 12.8. The van der Waals surface area contributed by atoms with Gasteiger partial charge in [0.1, 0.15) is 0 Å². The fourth-order valence-electron chi connectivity index (χ4n) is 2.82. The van der Waals surface area contributed by atoms with Crippen LogP contribution in [0, 0.1) is 6.92 Å². The normalized spacial score (nSPS) is 19.2. The highest BCUT2D eigenvalue weighted by Crippen LogP contribution is 2.28. The van der Waals surface area contributed by atoms with E-state index in [0.717, 1.165) is 17.5 Å². The second-order valence-electron chi connectivity index (χ2n) is 5.69. The van der Waals surface area contributed by atoms with Crippen LogP contribution in [0.2, 0.25) is 0 Å². The highest BCUT2D eigenvalue weighted by Gasteiger charge is 2.32. The number of sulfonamides is 1. The van der Waals surface area contributed by atoms with Crippen LogP contribution in [-0.4, -0.2) is 18.8 Å². The lowest BCUT2D eigenvalue weighted by molar-refractivity contribution is 0.309. The van der Waals surface area contributed by atoms with E-state index in [2.05, 4.69) is 6.07 Å². The van der Waals surface area contributed by atoms with E-state index < -0.39 is 10.0 Å². The molecule has 0 N–H and O–H groups in total. The molecule has 4 heteroatoms. The van der Waals surface area contributed by atoms with Crippen LogP contribution in [0.15, 0.2) is 53.4 Å². The summed E-state index contributed by atoms with van der Waals surface area (Å²) < 4.78 is 27.3. The zero-order valence-electron chi connectivity index (χ0n) is 12.3. The maximum atomic E-state index is 12.8. The van der Waals surface area contributed by atoms with Crippen LogP contribution in [0.4, 0.5) is 0 Å². The number of benzene rings is 2.